The molecule has 17 heavy (non-hydrogen) atoms. The Hall–Kier alpha value is -1.31. The van der Waals surface area contributed by atoms with Crippen molar-refractivity contribution in [1.29, 1.82) is 0 Å². The van der Waals surface area contributed by atoms with Crippen LogP contribution < -0.4 is 10.5 Å². The molecule has 0 aliphatic rings. The van der Waals surface area contributed by atoms with Crippen LogP contribution in [0.3, 0.4) is 0 Å². The van der Waals surface area contributed by atoms with Gasteiger partial charge in [-0.1, -0.05) is 41.1 Å². The molecular weight excluding hydrogens is 282 g/mol. The molecule has 3 N–H and O–H groups in total. The number of nitrogens with two attached hydrogens (primary N) is 1. The molecule has 0 radical (unpaired) electrons. The number of hydrogen-bond acceptors (Lipinski definition) is 5. The van der Waals surface area contributed by atoms with Crippen molar-refractivity contribution in [3.8, 4) is 0 Å². The van der Waals surface area contributed by atoms with Gasteiger partial charge in [-0.25, -0.2) is 13.4 Å². The van der Waals surface area contributed by atoms with E-state index in [1.54, 1.807) is 18.2 Å². The standard InChI is InChI=1S/C9H8ClN3O2S2/c10-7-8(11)16-9(12-7)13-17(14,15)6-4-2-1-3-5-6/h1-5H,11H2,(H,12,13). The number of hydrogen-bond donors (Lipinski definition) is 2. The molecule has 0 atom stereocenters. The molecule has 90 valence electrons. The van der Waals surface area contributed by atoms with E-state index in [2.05, 4.69) is 9.71 Å². The summed E-state index contributed by atoms with van der Waals surface area (Å²) in [5.41, 5.74) is 5.49. The second-order valence-electron chi connectivity index (χ2n) is 3.09. The van der Waals surface area contributed by atoms with Gasteiger partial charge in [-0.05, 0) is 12.1 Å². The molecule has 2 rings (SSSR count). The van der Waals surface area contributed by atoms with Crippen LogP contribution in [0.5, 0.6) is 0 Å². The summed E-state index contributed by atoms with van der Waals surface area (Å²) in [6.45, 7) is 0. The van der Waals surface area contributed by atoms with Crippen molar-refractivity contribution in [2.75, 3.05) is 10.5 Å². The molecule has 0 spiro atoms. The summed E-state index contributed by atoms with van der Waals surface area (Å²) in [5.74, 6) is 0. The zero-order valence-corrected chi connectivity index (χ0v) is 10.8. The van der Waals surface area contributed by atoms with E-state index in [1.807, 2.05) is 0 Å². The van der Waals surface area contributed by atoms with E-state index < -0.39 is 10.0 Å². The highest BCUT2D eigenvalue weighted by Crippen LogP contribution is 2.30. The van der Waals surface area contributed by atoms with Crippen LogP contribution >= 0.6 is 22.9 Å². The predicted octanol–water partition coefficient (Wildman–Crippen LogP) is 2.18. The van der Waals surface area contributed by atoms with E-state index in [0.29, 0.717) is 0 Å². The fourth-order valence-corrected chi connectivity index (χ4v) is 3.26. The lowest BCUT2D eigenvalue weighted by Crippen LogP contribution is -2.12. The fourth-order valence-electron chi connectivity index (χ4n) is 1.13. The Bertz CT molecular complexity index is 605. The number of thiazole rings is 1. The van der Waals surface area contributed by atoms with Gasteiger partial charge in [-0.2, -0.15) is 0 Å². The lowest BCUT2D eigenvalue weighted by molar-refractivity contribution is 0.601. The predicted molar refractivity (Wildman–Crippen MR) is 68.8 cm³/mol. The fraction of sp³-hybridized carbons (Fsp3) is 0. The molecule has 0 aliphatic carbocycles. The maximum atomic E-state index is 11.9. The molecule has 0 amide bonds. The molecule has 5 nitrogen and oxygen atoms in total. The molecule has 0 saturated heterocycles. The highest BCUT2D eigenvalue weighted by Gasteiger charge is 2.16. The van der Waals surface area contributed by atoms with Gasteiger partial charge >= 0.3 is 0 Å². The molecular formula is C9H8ClN3O2S2. The highest BCUT2D eigenvalue weighted by atomic mass is 35.5. The summed E-state index contributed by atoms with van der Waals surface area (Å²) in [4.78, 5) is 3.95. The van der Waals surface area contributed by atoms with Gasteiger partial charge in [-0.3, -0.25) is 4.72 Å². The summed E-state index contributed by atoms with van der Waals surface area (Å²) >= 11 is 6.62. The second-order valence-corrected chi connectivity index (χ2v) is 6.16. The third-order valence-corrected chi connectivity index (χ3v) is 4.57. The largest absolute Gasteiger partial charge is 0.388 e. The first-order valence-electron chi connectivity index (χ1n) is 4.49. The Morgan fingerprint density at radius 2 is 1.94 bits per heavy atom. The van der Waals surface area contributed by atoms with Crippen LogP contribution in [-0.2, 0) is 10.0 Å². The Morgan fingerprint density at radius 3 is 2.47 bits per heavy atom. The van der Waals surface area contributed by atoms with Crippen molar-refractivity contribution < 1.29 is 8.42 Å². The Kier molecular flexibility index (Phi) is 3.23. The molecule has 2 aromatic rings. The van der Waals surface area contributed by atoms with Gasteiger partial charge in [0.05, 0.1) is 4.90 Å². The van der Waals surface area contributed by atoms with Gasteiger partial charge in [0.15, 0.2) is 10.3 Å². The number of nitrogens with one attached hydrogen (secondary N) is 1. The van der Waals surface area contributed by atoms with E-state index in [0.717, 1.165) is 11.3 Å². The normalized spacial score (nSPS) is 11.4. The minimum atomic E-state index is -3.63. The number of anilines is 2. The minimum absolute atomic E-state index is 0.0979. The second kappa shape index (κ2) is 4.52. The zero-order chi connectivity index (χ0) is 12.5. The molecule has 0 fully saturated rings. The van der Waals surface area contributed by atoms with Gasteiger partial charge in [-0.15, -0.1) is 0 Å². The zero-order valence-electron chi connectivity index (χ0n) is 8.42. The topological polar surface area (TPSA) is 85.1 Å². The molecule has 0 unspecified atom stereocenters. The smallest absolute Gasteiger partial charge is 0.263 e. The van der Waals surface area contributed by atoms with Crippen LogP contribution in [0, 0.1) is 0 Å². The van der Waals surface area contributed by atoms with Crippen LogP contribution in [0.4, 0.5) is 10.1 Å². The van der Waals surface area contributed by atoms with E-state index in [1.165, 1.54) is 12.1 Å². The van der Waals surface area contributed by atoms with Crippen molar-refractivity contribution >= 4 is 43.1 Å². The van der Waals surface area contributed by atoms with E-state index in [9.17, 15) is 8.42 Å². The number of rotatable bonds is 3. The number of nitrogen functional groups attached to an aromatic ring is 1. The van der Waals surface area contributed by atoms with Crippen molar-refractivity contribution in [2.45, 2.75) is 4.90 Å². The lowest BCUT2D eigenvalue weighted by atomic mass is 10.4. The van der Waals surface area contributed by atoms with Crippen LogP contribution in [0.1, 0.15) is 0 Å². The van der Waals surface area contributed by atoms with E-state index >= 15 is 0 Å². The van der Waals surface area contributed by atoms with Gasteiger partial charge in [0.2, 0.25) is 0 Å². The molecule has 0 saturated carbocycles. The summed E-state index contributed by atoms with van der Waals surface area (Å²) in [6, 6.07) is 7.98. The Labute approximate surface area is 107 Å². The number of halogens is 1. The lowest BCUT2D eigenvalue weighted by Gasteiger charge is -2.03. The van der Waals surface area contributed by atoms with Crippen molar-refractivity contribution in [3.63, 3.8) is 0 Å². The number of sulfonamides is 1. The maximum absolute atomic E-state index is 11.9. The highest BCUT2D eigenvalue weighted by molar-refractivity contribution is 7.93. The number of nitrogens with zero attached hydrogens (tertiary/aromatic N) is 1. The summed E-state index contributed by atoms with van der Waals surface area (Å²) in [5, 5.41) is 0.523. The van der Waals surface area contributed by atoms with Gasteiger partial charge < -0.3 is 5.73 Å². The van der Waals surface area contributed by atoms with E-state index in [4.69, 9.17) is 17.3 Å². The Morgan fingerprint density at radius 1 is 1.29 bits per heavy atom. The first kappa shape index (κ1) is 12.2. The molecule has 1 aromatic heterocycles. The maximum Gasteiger partial charge on any atom is 0.263 e. The van der Waals surface area contributed by atoms with Crippen LogP contribution in [0.2, 0.25) is 5.15 Å². The number of benzene rings is 1. The molecule has 1 heterocycles. The summed E-state index contributed by atoms with van der Waals surface area (Å²) in [7, 11) is -3.63. The van der Waals surface area contributed by atoms with Crippen molar-refractivity contribution in [2.24, 2.45) is 0 Å². The summed E-state index contributed by atoms with van der Waals surface area (Å²) < 4.78 is 26.1. The Balaban J connectivity index is 2.30. The molecule has 8 heteroatoms. The van der Waals surface area contributed by atoms with E-state index in [-0.39, 0.29) is 20.2 Å². The van der Waals surface area contributed by atoms with Crippen LogP contribution in [-0.4, -0.2) is 13.4 Å². The third-order valence-electron chi connectivity index (χ3n) is 1.88. The van der Waals surface area contributed by atoms with Crippen LogP contribution in [0.15, 0.2) is 35.2 Å². The SMILES string of the molecule is Nc1sc(NS(=O)(=O)c2ccccc2)nc1Cl. The third kappa shape index (κ3) is 2.68. The van der Waals surface area contributed by atoms with Gasteiger partial charge in [0.25, 0.3) is 10.0 Å². The quantitative estimate of drug-likeness (QED) is 0.907. The first-order chi connectivity index (χ1) is 7.99. The number of aromatic nitrogens is 1. The first-order valence-corrected chi connectivity index (χ1v) is 7.16. The average molecular weight is 290 g/mol. The van der Waals surface area contributed by atoms with Gasteiger partial charge in [0, 0.05) is 0 Å². The average Bonchev–Trinajstić information content (AvgIpc) is 2.58. The van der Waals surface area contributed by atoms with Crippen molar-refractivity contribution in [1.82, 2.24) is 4.98 Å². The monoisotopic (exact) mass is 289 g/mol. The molecule has 1 aromatic carbocycles. The van der Waals surface area contributed by atoms with Crippen LogP contribution in [0.25, 0.3) is 0 Å². The summed E-state index contributed by atoms with van der Waals surface area (Å²) in [6.07, 6.45) is 0. The minimum Gasteiger partial charge on any atom is -0.388 e. The van der Waals surface area contributed by atoms with Gasteiger partial charge in [0.1, 0.15) is 5.00 Å². The van der Waals surface area contributed by atoms with Crippen molar-refractivity contribution in [3.05, 3.63) is 35.5 Å². The molecule has 0 bridgehead atoms. The molecule has 0 aliphatic heterocycles.